The van der Waals surface area contributed by atoms with Crippen molar-refractivity contribution in [2.24, 2.45) is 0 Å². The van der Waals surface area contributed by atoms with Crippen LogP contribution in [-0.4, -0.2) is 20.9 Å². The number of rotatable bonds is 2. The van der Waals surface area contributed by atoms with E-state index in [0.29, 0.717) is 10.9 Å². The third kappa shape index (κ3) is 2.75. The molecule has 0 spiro atoms. The van der Waals surface area contributed by atoms with Gasteiger partial charge in [0.1, 0.15) is 5.82 Å². The molecular weight excluding hydrogens is 292 g/mol. The molecule has 0 saturated heterocycles. The van der Waals surface area contributed by atoms with Crippen LogP contribution in [0.15, 0.2) is 47.4 Å². The van der Waals surface area contributed by atoms with Gasteiger partial charge in [-0.2, -0.15) is 0 Å². The van der Waals surface area contributed by atoms with Crippen LogP contribution in [0.3, 0.4) is 0 Å². The lowest BCUT2D eigenvalue weighted by atomic mass is 10.1. The topological polar surface area (TPSA) is 87.7 Å². The number of nitrogens with zero attached hydrogens (tertiary/aromatic N) is 2. The Morgan fingerprint density at radius 1 is 1.24 bits per heavy atom. The highest BCUT2D eigenvalue weighted by atomic mass is 35.5. The highest BCUT2D eigenvalue weighted by Crippen LogP contribution is 2.16. The summed E-state index contributed by atoms with van der Waals surface area (Å²) < 4.78 is 0. The summed E-state index contributed by atoms with van der Waals surface area (Å²) in [6.45, 7) is 0. The molecule has 0 atom stereocenters. The molecule has 7 heteroatoms. The van der Waals surface area contributed by atoms with Crippen molar-refractivity contribution < 1.29 is 4.79 Å². The zero-order chi connectivity index (χ0) is 14.8. The maximum atomic E-state index is 12.3. The Morgan fingerprint density at radius 2 is 2.05 bits per heavy atom. The number of hydrogen-bond acceptors (Lipinski definition) is 4. The van der Waals surface area contributed by atoms with Crippen molar-refractivity contribution in [1.29, 1.82) is 0 Å². The zero-order valence-electron chi connectivity index (χ0n) is 10.6. The van der Waals surface area contributed by atoms with Crippen molar-refractivity contribution in [3.63, 3.8) is 0 Å². The van der Waals surface area contributed by atoms with E-state index in [1.807, 2.05) is 0 Å². The number of nitrogens with one attached hydrogen (secondary N) is 2. The van der Waals surface area contributed by atoms with Gasteiger partial charge in [-0.15, -0.1) is 0 Å². The van der Waals surface area contributed by atoms with Crippen LogP contribution in [0.5, 0.6) is 0 Å². The highest BCUT2D eigenvalue weighted by Gasteiger charge is 2.12. The van der Waals surface area contributed by atoms with Crippen molar-refractivity contribution >= 4 is 34.2 Å². The van der Waals surface area contributed by atoms with Crippen molar-refractivity contribution in [1.82, 2.24) is 15.0 Å². The van der Waals surface area contributed by atoms with E-state index in [2.05, 4.69) is 20.3 Å². The molecule has 1 amide bonds. The molecule has 2 aromatic heterocycles. The SMILES string of the molecule is O=C(Nc1ccnc(Cl)n1)c1cc(=O)[nH]c2ccccc12. The average Bonchev–Trinajstić information content (AvgIpc) is 2.46. The molecule has 104 valence electrons. The van der Waals surface area contributed by atoms with E-state index >= 15 is 0 Å². The molecule has 0 radical (unpaired) electrons. The number of hydrogen-bond donors (Lipinski definition) is 2. The van der Waals surface area contributed by atoms with Crippen LogP contribution in [-0.2, 0) is 0 Å². The summed E-state index contributed by atoms with van der Waals surface area (Å²) >= 11 is 5.67. The number of benzene rings is 1. The van der Waals surface area contributed by atoms with E-state index in [9.17, 15) is 9.59 Å². The molecule has 3 aromatic rings. The lowest BCUT2D eigenvalue weighted by molar-refractivity contribution is 0.102. The Morgan fingerprint density at radius 3 is 2.86 bits per heavy atom. The molecule has 0 bridgehead atoms. The molecule has 2 heterocycles. The highest BCUT2D eigenvalue weighted by molar-refractivity contribution is 6.28. The standard InChI is InChI=1S/C14H9ClN4O2/c15-14-16-6-5-11(19-14)18-13(21)9-7-12(20)17-10-4-2-1-3-8(9)10/h1-7H,(H,17,20)(H,16,18,19,21). The number of halogens is 1. The van der Waals surface area contributed by atoms with Gasteiger partial charge >= 0.3 is 0 Å². The number of aromatic amines is 1. The fourth-order valence-corrected chi connectivity index (χ4v) is 2.13. The lowest BCUT2D eigenvalue weighted by Gasteiger charge is -2.07. The quantitative estimate of drug-likeness (QED) is 0.710. The van der Waals surface area contributed by atoms with Crippen LogP contribution in [0.1, 0.15) is 10.4 Å². The molecular formula is C14H9ClN4O2. The number of anilines is 1. The molecule has 0 saturated carbocycles. The number of carbonyl (C=O) groups excluding carboxylic acids is 1. The number of para-hydroxylation sites is 1. The van der Waals surface area contributed by atoms with Gasteiger partial charge in [0, 0.05) is 23.2 Å². The summed E-state index contributed by atoms with van der Waals surface area (Å²) in [5.74, 6) is -0.170. The van der Waals surface area contributed by atoms with Crippen molar-refractivity contribution in [2.75, 3.05) is 5.32 Å². The summed E-state index contributed by atoms with van der Waals surface area (Å²) in [7, 11) is 0. The normalized spacial score (nSPS) is 10.5. The largest absolute Gasteiger partial charge is 0.322 e. The Kier molecular flexibility index (Phi) is 3.37. The Balaban J connectivity index is 2.04. The van der Waals surface area contributed by atoms with Gasteiger partial charge in [0.05, 0.1) is 5.56 Å². The fraction of sp³-hybridized carbons (Fsp3) is 0. The second-order valence-electron chi connectivity index (χ2n) is 4.26. The number of aromatic nitrogens is 3. The van der Waals surface area contributed by atoms with Gasteiger partial charge in [-0.05, 0) is 23.7 Å². The molecule has 0 aliphatic heterocycles. The fourth-order valence-electron chi connectivity index (χ4n) is 1.98. The molecule has 6 nitrogen and oxygen atoms in total. The van der Waals surface area contributed by atoms with Gasteiger partial charge in [-0.3, -0.25) is 9.59 Å². The van der Waals surface area contributed by atoms with Gasteiger partial charge in [0.2, 0.25) is 10.8 Å². The van der Waals surface area contributed by atoms with Crippen LogP contribution < -0.4 is 10.9 Å². The second-order valence-corrected chi connectivity index (χ2v) is 4.60. The molecule has 0 unspecified atom stereocenters. The summed E-state index contributed by atoms with van der Waals surface area (Å²) in [6, 6.07) is 9.82. The number of amides is 1. The summed E-state index contributed by atoms with van der Waals surface area (Å²) in [5.41, 5.74) is 0.513. The van der Waals surface area contributed by atoms with Gasteiger partial charge in [-0.1, -0.05) is 18.2 Å². The van der Waals surface area contributed by atoms with Gasteiger partial charge in [0.15, 0.2) is 0 Å². The third-order valence-corrected chi connectivity index (χ3v) is 3.05. The van der Waals surface area contributed by atoms with Crippen molar-refractivity contribution in [2.45, 2.75) is 0 Å². The van der Waals surface area contributed by atoms with Gasteiger partial charge in [0.25, 0.3) is 5.91 Å². The van der Waals surface area contributed by atoms with Crippen molar-refractivity contribution in [3.8, 4) is 0 Å². The number of fused-ring (bicyclic) bond motifs is 1. The minimum atomic E-state index is -0.438. The molecule has 0 aliphatic carbocycles. The van der Waals surface area contributed by atoms with Gasteiger partial charge in [-0.25, -0.2) is 9.97 Å². The Labute approximate surface area is 123 Å². The van der Waals surface area contributed by atoms with Crippen LogP contribution in [0.2, 0.25) is 5.28 Å². The number of pyridine rings is 1. The smallest absolute Gasteiger partial charge is 0.257 e. The van der Waals surface area contributed by atoms with E-state index < -0.39 is 5.91 Å². The van der Waals surface area contributed by atoms with Crippen LogP contribution >= 0.6 is 11.6 Å². The predicted octanol–water partition coefficient (Wildman–Crippen LogP) is 2.22. The maximum Gasteiger partial charge on any atom is 0.257 e. The summed E-state index contributed by atoms with van der Waals surface area (Å²) in [4.78, 5) is 34.2. The minimum Gasteiger partial charge on any atom is -0.322 e. The monoisotopic (exact) mass is 300 g/mol. The van der Waals surface area contributed by atoms with Crippen LogP contribution in [0, 0.1) is 0 Å². The third-order valence-electron chi connectivity index (χ3n) is 2.86. The average molecular weight is 301 g/mol. The molecule has 0 fully saturated rings. The first kappa shape index (κ1) is 13.3. The van der Waals surface area contributed by atoms with E-state index in [4.69, 9.17) is 11.6 Å². The first-order valence-corrected chi connectivity index (χ1v) is 6.43. The maximum absolute atomic E-state index is 12.3. The molecule has 21 heavy (non-hydrogen) atoms. The van der Waals surface area contributed by atoms with Crippen molar-refractivity contribution in [3.05, 3.63) is 63.8 Å². The first-order chi connectivity index (χ1) is 10.1. The lowest BCUT2D eigenvalue weighted by Crippen LogP contribution is -2.17. The Hall–Kier alpha value is -2.73. The second kappa shape index (κ2) is 5.34. The van der Waals surface area contributed by atoms with Crippen LogP contribution in [0.25, 0.3) is 10.9 Å². The molecule has 2 N–H and O–H groups in total. The zero-order valence-corrected chi connectivity index (χ0v) is 11.4. The van der Waals surface area contributed by atoms with Crippen LogP contribution in [0.4, 0.5) is 5.82 Å². The van der Waals surface area contributed by atoms with E-state index in [1.54, 1.807) is 24.3 Å². The van der Waals surface area contributed by atoms with E-state index in [0.717, 1.165) is 0 Å². The minimum absolute atomic E-state index is 0.0311. The first-order valence-electron chi connectivity index (χ1n) is 6.05. The van der Waals surface area contributed by atoms with E-state index in [-0.39, 0.29) is 22.2 Å². The molecule has 0 aliphatic rings. The summed E-state index contributed by atoms with van der Waals surface area (Å²) in [6.07, 6.45) is 1.43. The molecule has 1 aromatic carbocycles. The van der Waals surface area contributed by atoms with Gasteiger partial charge < -0.3 is 10.3 Å². The summed E-state index contributed by atoms with van der Waals surface area (Å²) in [5, 5.41) is 3.27. The number of H-pyrrole nitrogens is 1. The number of carbonyl (C=O) groups is 1. The van der Waals surface area contributed by atoms with E-state index in [1.165, 1.54) is 18.3 Å². The Bertz CT molecular complexity index is 891. The molecule has 3 rings (SSSR count). The predicted molar refractivity (Wildman–Crippen MR) is 79.6 cm³/mol.